The molecule has 0 saturated heterocycles. The molecule has 0 aromatic heterocycles. The number of hydrogen-bond donors (Lipinski definition) is 4. The van der Waals surface area contributed by atoms with Crippen LogP contribution in [0.4, 0.5) is 10.5 Å². The monoisotopic (exact) mass is 309 g/mol. The van der Waals surface area contributed by atoms with Gasteiger partial charge < -0.3 is 16.2 Å². The summed E-state index contributed by atoms with van der Waals surface area (Å²) in [6.45, 7) is 0.757. The van der Waals surface area contributed by atoms with Gasteiger partial charge in [-0.25, -0.2) is 10.2 Å². The minimum absolute atomic E-state index is 0.103. The molecule has 0 aliphatic heterocycles. The maximum Gasteiger partial charge on any atom is 0.332 e. The number of hydrogen-bond acceptors (Lipinski definition) is 6. The van der Waals surface area contributed by atoms with Gasteiger partial charge in [0, 0.05) is 24.6 Å². The van der Waals surface area contributed by atoms with E-state index in [1.165, 1.54) is 31.2 Å². The number of benzene rings is 1. The van der Waals surface area contributed by atoms with Crippen molar-refractivity contribution in [3.8, 4) is 0 Å². The van der Waals surface area contributed by atoms with Gasteiger partial charge in [0.1, 0.15) is 0 Å². The van der Waals surface area contributed by atoms with Gasteiger partial charge in [-0.3, -0.25) is 14.9 Å². The van der Waals surface area contributed by atoms with Gasteiger partial charge in [-0.05, 0) is 12.1 Å². The van der Waals surface area contributed by atoms with Gasteiger partial charge in [0.25, 0.3) is 5.69 Å². The van der Waals surface area contributed by atoms with Crippen LogP contribution < -0.4 is 16.5 Å². The third-order valence-electron chi connectivity index (χ3n) is 2.55. The van der Waals surface area contributed by atoms with Crippen LogP contribution in [0.5, 0.6) is 0 Å². The van der Waals surface area contributed by atoms with Crippen LogP contribution in [0.15, 0.2) is 29.4 Å². The first-order chi connectivity index (χ1) is 10.3. The maximum absolute atomic E-state index is 11.2. The lowest BCUT2D eigenvalue weighted by molar-refractivity contribution is -0.384. The smallest absolute Gasteiger partial charge is 0.332 e. The van der Waals surface area contributed by atoms with Crippen molar-refractivity contribution in [3.63, 3.8) is 0 Å². The van der Waals surface area contributed by atoms with Gasteiger partial charge in [0.15, 0.2) is 0 Å². The number of nitrogens with zero attached hydrogens (tertiary/aromatic N) is 2. The molecular formula is C12H15N5O5. The van der Waals surface area contributed by atoms with Crippen molar-refractivity contribution in [2.45, 2.75) is 13.0 Å². The lowest BCUT2D eigenvalue weighted by Crippen LogP contribution is -2.44. The zero-order valence-electron chi connectivity index (χ0n) is 11.6. The minimum Gasteiger partial charge on any atom is -0.394 e. The van der Waals surface area contributed by atoms with E-state index in [-0.39, 0.29) is 11.4 Å². The molecule has 0 radical (unpaired) electrons. The van der Waals surface area contributed by atoms with Crippen LogP contribution in [0.1, 0.15) is 12.5 Å². The van der Waals surface area contributed by atoms with Crippen molar-refractivity contribution in [2.24, 2.45) is 10.8 Å². The summed E-state index contributed by atoms with van der Waals surface area (Å²) in [6.07, 6.45) is 0. The van der Waals surface area contributed by atoms with Crippen molar-refractivity contribution in [1.29, 1.82) is 0 Å². The van der Waals surface area contributed by atoms with Crippen molar-refractivity contribution in [1.82, 2.24) is 10.7 Å². The Balaban J connectivity index is 3.18. The number of non-ortho nitro benzene ring substituents is 1. The highest BCUT2D eigenvalue weighted by Crippen LogP contribution is 2.14. The van der Waals surface area contributed by atoms with E-state index in [0.29, 0.717) is 5.56 Å². The highest BCUT2D eigenvalue weighted by atomic mass is 16.6. The van der Waals surface area contributed by atoms with E-state index < -0.39 is 29.5 Å². The molecule has 22 heavy (non-hydrogen) atoms. The number of nitro groups is 1. The van der Waals surface area contributed by atoms with Crippen LogP contribution in [0.25, 0.3) is 0 Å². The Morgan fingerprint density at radius 3 is 2.41 bits per heavy atom. The van der Waals surface area contributed by atoms with Crippen LogP contribution in [-0.2, 0) is 4.79 Å². The molecule has 0 aliphatic carbocycles. The Hall–Kier alpha value is -3.01. The van der Waals surface area contributed by atoms with Crippen LogP contribution in [-0.4, -0.2) is 40.3 Å². The van der Waals surface area contributed by atoms with Gasteiger partial charge in [-0.1, -0.05) is 0 Å². The fourth-order valence-corrected chi connectivity index (χ4v) is 1.66. The molecule has 1 aromatic rings. The summed E-state index contributed by atoms with van der Waals surface area (Å²) in [5, 5.41) is 26.2. The topological polar surface area (TPSA) is 160 Å². The quantitative estimate of drug-likeness (QED) is 0.315. The molecule has 0 saturated carbocycles. The van der Waals surface area contributed by atoms with Gasteiger partial charge in [-0.2, -0.15) is 5.10 Å². The molecule has 1 atom stereocenters. The van der Waals surface area contributed by atoms with Crippen molar-refractivity contribution in [2.75, 3.05) is 6.61 Å². The number of hydrazone groups is 1. The molecule has 1 rings (SSSR count). The molecule has 118 valence electrons. The first-order valence-electron chi connectivity index (χ1n) is 6.11. The largest absolute Gasteiger partial charge is 0.394 e. The minimum atomic E-state index is -0.932. The zero-order valence-corrected chi connectivity index (χ0v) is 11.6. The molecule has 5 N–H and O–H groups in total. The lowest BCUT2D eigenvalue weighted by Gasteiger charge is -2.18. The molecule has 1 unspecified atom stereocenters. The summed E-state index contributed by atoms with van der Waals surface area (Å²) >= 11 is 0. The molecular weight excluding hydrogens is 294 g/mol. The normalized spacial score (nSPS) is 12.4. The van der Waals surface area contributed by atoms with E-state index in [2.05, 4.69) is 10.4 Å². The Labute approximate surface area is 125 Å². The summed E-state index contributed by atoms with van der Waals surface area (Å²) in [7, 11) is 0. The van der Waals surface area contributed by atoms with Crippen LogP contribution in [0.2, 0.25) is 0 Å². The highest BCUT2D eigenvalue weighted by molar-refractivity contribution is 6.06. The van der Waals surface area contributed by atoms with Crippen molar-refractivity contribution in [3.05, 3.63) is 39.9 Å². The number of nitrogens with one attached hydrogen (secondary N) is 2. The average Bonchev–Trinajstić information content (AvgIpc) is 2.45. The second kappa shape index (κ2) is 7.69. The number of nitro benzene ring substituents is 1. The van der Waals surface area contributed by atoms with Crippen molar-refractivity contribution >= 4 is 23.3 Å². The number of nitrogens with two attached hydrogens (primary N) is 1. The molecule has 10 heteroatoms. The number of aliphatic hydroxyl groups excluding tert-OH is 1. The Kier molecular flexibility index (Phi) is 5.96. The van der Waals surface area contributed by atoms with E-state index >= 15 is 0 Å². The first kappa shape index (κ1) is 17.0. The summed E-state index contributed by atoms with van der Waals surface area (Å²) in [5.74, 6) is -0.423. The van der Waals surface area contributed by atoms with Crippen LogP contribution in [0, 0.1) is 10.1 Å². The van der Waals surface area contributed by atoms with Gasteiger partial charge in [0.2, 0.25) is 5.91 Å². The molecule has 0 heterocycles. The van der Waals surface area contributed by atoms with Crippen molar-refractivity contribution < 1.29 is 19.6 Å². The number of carbonyl (C=O) groups excluding carboxylic acids is 2. The Bertz CT molecular complexity index is 598. The summed E-state index contributed by atoms with van der Waals surface area (Å²) in [4.78, 5) is 32.0. The van der Waals surface area contributed by atoms with E-state index in [4.69, 9.17) is 5.73 Å². The molecule has 1 aromatic carbocycles. The summed E-state index contributed by atoms with van der Waals surface area (Å²) in [5.41, 5.74) is 7.27. The lowest BCUT2D eigenvalue weighted by atomic mass is 10.0. The van der Waals surface area contributed by atoms with E-state index in [1.807, 2.05) is 5.43 Å². The van der Waals surface area contributed by atoms with E-state index in [0.717, 1.165) is 0 Å². The first-order valence-corrected chi connectivity index (χ1v) is 6.11. The highest BCUT2D eigenvalue weighted by Gasteiger charge is 2.19. The number of carbonyl (C=O) groups is 2. The predicted molar refractivity (Wildman–Crippen MR) is 77.0 cm³/mol. The Morgan fingerprint density at radius 1 is 1.41 bits per heavy atom. The van der Waals surface area contributed by atoms with Gasteiger partial charge >= 0.3 is 6.03 Å². The fraction of sp³-hybridized carbons (Fsp3) is 0.250. The van der Waals surface area contributed by atoms with E-state index in [1.54, 1.807) is 0 Å². The molecule has 0 spiro atoms. The molecule has 0 fully saturated rings. The zero-order chi connectivity index (χ0) is 16.7. The number of aliphatic hydroxyl groups is 1. The number of urea groups is 1. The van der Waals surface area contributed by atoms with Gasteiger partial charge in [0.05, 0.1) is 23.3 Å². The SMILES string of the molecule is CC(=O)NC(CO)C(=NNC(N)=O)c1ccc([N+](=O)[O-])cc1. The predicted octanol–water partition coefficient (Wildman–Crippen LogP) is -0.536. The van der Waals surface area contributed by atoms with Crippen LogP contribution >= 0.6 is 0 Å². The Morgan fingerprint density at radius 2 is 2.00 bits per heavy atom. The maximum atomic E-state index is 11.2. The standard InChI is InChI=1S/C12H15N5O5/c1-7(19)14-10(6-18)11(15-16-12(13)20)8-2-4-9(5-3-8)17(21)22/h2-5,10,18H,6H2,1H3,(H,14,19)(H3,13,16,20). The summed E-state index contributed by atoms with van der Waals surface area (Å²) < 4.78 is 0. The number of primary amides is 1. The third kappa shape index (κ3) is 4.83. The second-order valence-corrected chi connectivity index (χ2v) is 4.21. The fourth-order valence-electron chi connectivity index (χ4n) is 1.66. The van der Waals surface area contributed by atoms with E-state index in [9.17, 15) is 24.8 Å². The summed E-state index contributed by atoms with van der Waals surface area (Å²) in [6, 6.07) is 3.38. The molecule has 0 aliphatic rings. The second-order valence-electron chi connectivity index (χ2n) is 4.21. The number of amides is 3. The molecule has 0 bridgehead atoms. The molecule has 10 nitrogen and oxygen atoms in total. The van der Waals surface area contributed by atoms with Gasteiger partial charge in [-0.15, -0.1) is 0 Å². The van der Waals surface area contributed by atoms with Crippen LogP contribution in [0.3, 0.4) is 0 Å². The number of rotatable bonds is 6. The molecule has 3 amide bonds. The third-order valence-corrected chi connectivity index (χ3v) is 2.55. The average molecular weight is 309 g/mol.